The van der Waals surface area contributed by atoms with Crippen LogP contribution in [-0.2, 0) is 4.74 Å². The third-order valence-corrected chi connectivity index (χ3v) is 2.13. The van der Waals surface area contributed by atoms with E-state index in [0.717, 1.165) is 17.3 Å². The number of alkyl halides is 1. The molecule has 0 spiro atoms. The van der Waals surface area contributed by atoms with Crippen molar-refractivity contribution in [2.45, 2.75) is 6.42 Å². The maximum atomic E-state index is 11.2. The van der Waals surface area contributed by atoms with Gasteiger partial charge in [-0.25, -0.2) is 4.79 Å². The fraction of sp³-hybridized carbons (Fsp3) is 0.250. The van der Waals surface area contributed by atoms with Gasteiger partial charge in [0.05, 0.1) is 12.7 Å². The van der Waals surface area contributed by atoms with Gasteiger partial charge < -0.3 is 4.74 Å². The Hall–Kier alpha value is -1.27. The average Bonchev–Trinajstić information content (AvgIpc) is 2.29. The molecule has 0 atom stereocenters. The number of ether oxygens (including phenoxy) is 1. The van der Waals surface area contributed by atoms with Crippen molar-refractivity contribution >= 4 is 21.9 Å². The number of carbonyl (C=O) groups is 1. The van der Waals surface area contributed by atoms with Crippen LogP contribution in [-0.4, -0.2) is 18.4 Å². The first-order valence-electron chi connectivity index (χ1n) is 4.51. The van der Waals surface area contributed by atoms with E-state index in [1.807, 2.05) is 6.07 Å². The van der Waals surface area contributed by atoms with Crippen LogP contribution < -0.4 is 0 Å². The summed E-state index contributed by atoms with van der Waals surface area (Å²) in [4.78, 5) is 11.2. The highest BCUT2D eigenvalue weighted by molar-refractivity contribution is 9.09. The van der Waals surface area contributed by atoms with E-state index in [9.17, 15) is 4.79 Å². The predicted molar refractivity (Wildman–Crippen MR) is 63.1 cm³/mol. The number of methoxy groups -OCH3 is 1. The number of rotatable bonds is 2. The topological polar surface area (TPSA) is 26.3 Å². The Balaban J connectivity index is 2.84. The molecule has 0 radical (unpaired) electrons. The molecule has 0 amide bonds. The molecule has 0 aliphatic heterocycles. The van der Waals surface area contributed by atoms with Gasteiger partial charge in [0, 0.05) is 17.3 Å². The number of halogens is 1. The molecule has 0 saturated heterocycles. The highest BCUT2D eigenvalue weighted by atomic mass is 79.9. The molecular formula is C12H11BrO2. The Morgan fingerprint density at radius 1 is 1.53 bits per heavy atom. The first-order valence-corrected chi connectivity index (χ1v) is 5.63. The molecule has 1 aromatic carbocycles. The summed E-state index contributed by atoms with van der Waals surface area (Å²) in [6, 6.07) is 7.10. The maximum absolute atomic E-state index is 11.2. The van der Waals surface area contributed by atoms with Crippen molar-refractivity contribution < 1.29 is 9.53 Å². The molecule has 0 aliphatic carbocycles. The van der Waals surface area contributed by atoms with Crippen LogP contribution in [0, 0.1) is 11.8 Å². The number of esters is 1. The summed E-state index contributed by atoms with van der Waals surface area (Å²) < 4.78 is 4.62. The van der Waals surface area contributed by atoms with Gasteiger partial charge in [-0.3, -0.25) is 0 Å². The SMILES string of the molecule is COC(=O)c1cccc(C#CCCBr)c1. The van der Waals surface area contributed by atoms with E-state index >= 15 is 0 Å². The van der Waals surface area contributed by atoms with Gasteiger partial charge in [0.25, 0.3) is 0 Å². The molecule has 3 heteroatoms. The minimum absolute atomic E-state index is 0.334. The lowest BCUT2D eigenvalue weighted by Gasteiger charge is -1.98. The fourth-order valence-corrected chi connectivity index (χ4v) is 1.25. The number of carbonyl (C=O) groups excluding carboxylic acids is 1. The molecule has 0 heterocycles. The van der Waals surface area contributed by atoms with Gasteiger partial charge in [-0.1, -0.05) is 33.8 Å². The maximum Gasteiger partial charge on any atom is 0.337 e. The Morgan fingerprint density at radius 2 is 2.33 bits per heavy atom. The summed E-state index contributed by atoms with van der Waals surface area (Å²) in [7, 11) is 1.37. The molecule has 2 nitrogen and oxygen atoms in total. The summed E-state index contributed by atoms with van der Waals surface area (Å²) >= 11 is 3.30. The molecule has 0 unspecified atom stereocenters. The van der Waals surface area contributed by atoms with Crippen molar-refractivity contribution in [1.82, 2.24) is 0 Å². The second-order valence-corrected chi connectivity index (χ2v) is 3.61. The zero-order chi connectivity index (χ0) is 11.1. The molecule has 78 valence electrons. The lowest BCUT2D eigenvalue weighted by molar-refractivity contribution is 0.0600. The van der Waals surface area contributed by atoms with Gasteiger partial charge in [-0.2, -0.15) is 0 Å². The first kappa shape index (κ1) is 11.8. The van der Waals surface area contributed by atoms with Crippen LogP contribution in [0.25, 0.3) is 0 Å². The van der Waals surface area contributed by atoms with E-state index in [4.69, 9.17) is 0 Å². The van der Waals surface area contributed by atoms with Crippen LogP contribution in [0.3, 0.4) is 0 Å². The molecule has 15 heavy (non-hydrogen) atoms. The largest absolute Gasteiger partial charge is 0.465 e. The van der Waals surface area contributed by atoms with Crippen LogP contribution >= 0.6 is 15.9 Å². The van der Waals surface area contributed by atoms with Crippen LogP contribution in [0.2, 0.25) is 0 Å². The Labute approximate surface area is 97.8 Å². The molecule has 0 fully saturated rings. The van der Waals surface area contributed by atoms with Crippen molar-refractivity contribution in [3.8, 4) is 11.8 Å². The van der Waals surface area contributed by atoms with Crippen molar-refractivity contribution in [3.05, 3.63) is 35.4 Å². The Kier molecular flexibility index (Phi) is 4.92. The van der Waals surface area contributed by atoms with Gasteiger partial charge >= 0.3 is 5.97 Å². The molecule has 1 rings (SSSR count). The third-order valence-electron chi connectivity index (χ3n) is 1.74. The normalized spacial score (nSPS) is 8.93. The Bertz CT molecular complexity index is 402. The van der Waals surface area contributed by atoms with Gasteiger partial charge in [0.2, 0.25) is 0 Å². The molecule has 0 aliphatic rings. The number of hydrogen-bond donors (Lipinski definition) is 0. The van der Waals surface area contributed by atoms with Crippen LogP contribution in [0.1, 0.15) is 22.3 Å². The fourth-order valence-electron chi connectivity index (χ4n) is 1.05. The lowest BCUT2D eigenvalue weighted by Crippen LogP contribution is -2.00. The molecule has 1 aromatic rings. The van der Waals surface area contributed by atoms with Gasteiger partial charge in [0.15, 0.2) is 0 Å². The summed E-state index contributed by atoms with van der Waals surface area (Å²) in [6.45, 7) is 0. The van der Waals surface area contributed by atoms with E-state index in [-0.39, 0.29) is 5.97 Å². The van der Waals surface area contributed by atoms with Crippen molar-refractivity contribution in [1.29, 1.82) is 0 Å². The zero-order valence-corrected chi connectivity index (χ0v) is 10.0. The summed E-state index contributed by atoms with van der Waals surface area (Å²) in [5.41, 5.74) is 1.36. The van der Waals surface area contributed by atoms with Gasteiger partial charge in [-0.05, 0) is 18.2 Å². The highest BCUT2D eigenvalue weighted by Gasteiger charge is 2.03. The second kappa shape index (κ2) is 6.26. The van der Waals surface area contributed by atoms with Gasteiger partial charge in [-0.15, -0.1) is 0 Å². The molecule has 0 N–H and O–H groups in total. The predicted octanol–water partition coefficient (Wildman–Crippen LogP) is 2.61. The lowest BCUT2D eigenvalue weighted by atomic mass is 10.1. The summed E-state index contributed by atoms with van der Waals surface area (Å²) in [5, 5.41) is 0.858. The highest BCUT2D eigenvalue weighted by Crippen LogP contribution is 2.05. The van der Waals surface area contributed by atoms with Crippen LogP contribution in [0.15, 0.2) is 24.3 Å². The number of hydrogen-bond acceptors (Lipinski definition) is 2. The zero-order valence-electron chi connectivity index (χ0n) is 8.42. The smallest absolute Gasteiger partial charge is 0.337 e. The van der Waals surface area contributed by atoms with E-state index in [0.29, 0.717) is 5.56 Å². The summed E-state index contributed by atoms with van der Waals surface area (Å²) in [5.74, 6) is 5.63. The monoisotopic (exact) mass is 266 g/mol. The van der Waals surface area contributed by atoms with E-state index in [1.54, 1.807) is 18.2 Å². The van der Waals surface area contributed by atoms with Crippen molar-refractivity contribution in [2.75, 3.05) is 12.4 Å². The van der Waals surface area contributed by atoms with Gasteiger partial charge in [0.1, 0.15) is 0 Å². The van der Waals surface area contributed by atoms with Crippen molar-refractivity contribution in [2.24, 2.45) is 0 Å². The Morgan fingerprint density at radius 3 is 3.00 bits per heavy atom. The molecule has 0 saturated carbocycles. The minimum Gasteiger partial charge on any atom is -0.465 e. The standard InChI is InChI=1S/C12H11BrO2/c1-15-12(14)11-7-4-6-10(9-11)5-2-3-8-13/h4,6-7,9H,3,8H2,1H3. The van der Waals surface area contributed by atoms with Crippen LogP contribution in [0.4, 0.5) is 0 Å². The molecule has 0 aromatic heterocycles. The number of benzene rings is 1. The third kappa shape index (κ3) is 3.77. The minimum atomic E-state index is -0.334. The average molecular weight is 267 g/mol. The quantitative estimate of drug-likeness (QED) is 0.467. The molecule has 0 bridgehead atoms. The van der Waals surface area contributed by atoms with E-state index in [1.165, 1.54) is 7.11 Å². The first-order chi connectivity index (χ1) is 7.27. The van der Waals surface area contributed by atoms with E-state index < -0.39 is 0 Å². The summed E-state index contributed by atoms with van der Waals surface area (Å²) in [6.07, 6.45) is 0.794. The second-order valence-electron chi connectivity index (χ2n) is 2.81. The van der Waals surface area contributed by atoms with E-state index in [2.05, 4.69) is 32.5 Å². The van der Waals surface area contributed by atoms with Crippen molar-refractivity contribution in [3.63, 3.8) is 0 Å². The van der Waals surface area contributed by atoms with Crippen LogP contribution in [0.5, 0.6) is 0 Å². The molecular weight excluding hydrogens is 256 g/mol.